The van der Waals surface area contributed by atoms with Gasteiger partial charge in [0.2, 0.25) is 0 Å². The van der Waals surface area contributed by atoms with Crippen molar-refractivity contribution in [1.82, 2.24) is 0 Å². The largest absolute Gasteiger partial charge is 0.207 e. The summed E-state index contributed by atoms with van der Waals surface area (Å²) in [5.74, 6) is -0.128. The van der Waals surface area contributed by atoms with Crippen LogP contribution in [0.1, 0.15) is 30.4 Å². The highest BCUT2D eigenvalue weighted by molar-refractivity contribution is 5.16. The second kappa shape index (κ2) is 6.95. The lowest BCUT2D eigenvalue weighted by molar-refractivity contribution is 0.622. The van der Waals surface area contributed by atoms with E-state index in [4.69, 9.17) is 0 Å². The first-order chi connectivity index (χ1) is 8.84. The Kier molecular flexibility index (Phi) is 4.95. The number of hydrogen-bond donors (Lipinski definition) is 0. The molecule has 0 amide bonds. The molecule has 0 spiro atoms. The summed E-state index contributed by atoms with van der Waals surface area (Å²) in [6.45, 7) is 0. The van der Waals surface area contributed by atoms with Gasteiger partial charge in [0.15, 0.2) is 0 Å². The van der Waals surface area contributed by atoms with Gasteiger partial charge >= 0.3 is 0 Å². The molecule has 0 aromatic heterocycles. The molecule has 0 N–H and O–H groups in total. The van der Waals surface area contributed by atoms with Crippen molar-refractivity contribution in [3.8, 4) is 0 Å². The van der Waals surface area contributed by atoms with Crippen LogP contribution in [0.25, 0.3) is 0 Å². The van der Waals surface area contributed by atoms with Crippen LogP contribution in [0.3, 0.4) is 0 Å². The topological polar surface area (TPSA) is 0 Å². The third kappa shape index (κ3) is 4.33. The molecule has 2 aromatic rings. The predicted molar refractivity (Wildman–Crippen MR) is 74.1 cm³/mol. The van der Waals surface area contributed by atoms with Crippen LogP contribution in [0.15, 0.2) is 54.6 Å². The van der Waals surface area contributed by atoms with Gasteiger partial charge in [0, 0.05) is 0 Å². The van der Waals surface area contributed by atoms with E-state index in [-0.39, 0.29) is 5.82 Å². The molecule has 1 heteroatoms. The van der Waals surface area contributed by atoms with Crippen molar-refractivity contribution in [2.45, 2.75) is 32.1 Å². The van der Waals surface area contributed by atoms with Crippen molar-refractivity contribution >= 4 is 0 Å². The lowest BCUT2D eigenvalue weighted by Gasteiger charge is -2.03. The van der Waals surface area contributed by atoms with Crippen molar-refractivity contribution in [2.75, 3.05) is 0 Å². The van der Waals surface area contributed by atoms with Crippen molar-refractivity contribution in [1.29, 1.82) is 0 Å². The van der Waals surface area contributed by atoms with Gasteiger partial charge in [0.05, 0.1) is 0 Å². The number of unbranched alkanes of at least 4 members (excludes halogenated alkanes) is 2. The highest BCUT2D eigenvalue weighted by atomic mass is 19.1. The first kappa shape index (κ1) is 12.8. The van der Waals surface area contributed by atoms with E-state index in [0.29, 0.717) is 0 Å². The van der Waals surface area contributed by atoms with E-state index in [2.05, 4.69) is 24.3 Å². The molecule has 94 valence electrons. The summed E-state index contributed by atoms with van der Waals surface area (Å²) in [6, 6.07) is 17.5. The average molecular weight is 242 g/mol. The number of hydrogen-bond acceptors (Lipinski definition) is 0. The van der Waals surface area contributed by atoms with Crippen LogP contribution in [0.5, 0.6) is 0 Å². The second-order valence-corrected chi connectivity index (χ2v) is 4.68. The van der Waals surface area contributed by atoms with Crippen LogP contribution in [0, 0.1) is 5.82 Å². The van der Waals surface area contributed by atoms with Crippen LogP contribution in [0.4, 0.5) is 4.39 Å². The predicted octanol–water partition coefficient (Wildman–Crippen LogP) is 4.78. The number of benzene rings is 2. The Labute approximate surface area is 108 Å². The minimum Gasteiger partial charge on any atom is -0.207 e. The van der Waals surface area contributed by atoms with Crippen LogP contribution >= 0.6 is 0 Å². The normalized spacial score (nSPS) is 10.5. The molecule has 0 unspecified atom stereocenters. The van der Waals surface area contributed by atoms with E-state index in [9.17, 15) is 4.39 Å². The molecule has 0 bridgehead atoms. The zero-order valence-electron chi connectivity index (χ0n) is 10.6. The van der Waals surface area contributed by atoms with Gasteiger partial charge in [-0.25, -0.2) is 4.39 Å². The summed E-state index contributed by atoms with van der Waals surface area (Å²) in [5, 5.41) is 0. The zero-order valence-corrected chi connectivity index (χ0v) is 10.6. The maximum atomic E-state index is 13.0. The molecule has 0 fully saturated rings. The number of aryl methyl sites for hydroxylation is 2. The molecule has 2 rings (SSSR count). The molecule has 0 nitrogen and oxygen atoms in total. The Bertz CT molecular complexity index is 462. The summed E-state index contributed by atoms with van der Waals surface area (Å²) in [5.41, 5.74) is 2.51. The van der Waals surface area contributed by atoms with Crippen LogP contribution in [-0.4, -0.2) is 0 Å². The van der Waals surface area contributed by atoms with Gasteiger partial charge < -0.3 is 0 Å². The van der Waals surface area contributed by atoms with Crippen molar-refractivity contribution in [2.24, 2.45) is 0 Å². The van der Waals surface area contributed by atoms with Crippen LogP contribution in [-0.2, 0) is 12.8 Å². The Morgan fingerprint density at radius 3 is 2.06 bits per heavy atom. The summed E-state index contributed by atoms with van der Waals surface area (Å²) in [7, 11) is 0. The lowest BCUT2D eigenvalue weighted by atomic mass is 10.0. The minimum absolute atomic E-state index is 0.128. The Morgan fingerprint density at radius 1 is 0.667 bits per heavy atom. The molecule has 0 atom stereocenters. The molecule has 0 heterocycles. The van der Waals surface area contributed by atoms with E-state index in [1.54, 1.807) is 12.1 Å². The van der Waals surface area contributed by atoms with Crippen molar-refractivity contribution in [3.05, 3.63) is 71.5 Å². The Morgan fingerprint density at radius 2 is 1.33 bits per heavy atom. The molecule has 0 radical (unpaired) electrons. The van der Waals surface area contributed by atoms with Crippen LogP contribution in [0.2, 0.25) is 0 Å². The van der Waals surface area contributed by atoms with Gasteiger partial charge in [-0.05, 0) is 48.9 Å². The third-order valence-electron chi connectivity index (χ3n) is 3.16. The van der Waals surface area contributed by atoms with E-state index < -0.39 is 0 Å². The fourth-order valence-corrected chi connectivity index (χ4v) is 2.17. The smallest absolute Gasteiger partial charge is 0.123 e. The molecule has 0 aliphatic heterocycles. The van der Waals surface area contributed by atoms with Crippen LogP contribution < -0.4 is 0 Å². The van der Waals surface area contributed by atoms with E-state index in [0.717, 1.165) is 24.8 Å². The molecule has 0 aliphatic rings. The monoisotopic (exact) mass is 242 g/mol. The first-order valence-corrected chi connectivity index (χ1v) is 6.63. The van der Waals surface area contributed by atoms with Crippen molar-refractivity contribution < 1.29 is 4.39 Å². The van der Waals surface area contributed by atoms with Crippen molar-refractivity contribution in [3.63, 3.8) is 0 Å². The molecular weight excluding hydrogens is 223 g/mol. The standard InChI is InChI=1S/C17H19F/c18-17-13-7-12-16(14-17)11-6-2-5-10-15-8-3-1-4-9-15/h1,3-4,7-9,12-14H,2,5-6,10-11H2. The lowest BCUT2D eigenvalue weighted by Crippen LogP contribution is -1.89. The highest BCUT2D eigenvalue weighted by Crippen LogP contribution is 2.11. The summed E-state index contributed by atoms with van der Waals surface area (Å²) in [6.07, 6.45) is 5.66. The summed E-state index contributed by atoms with van der Waals surface area (Å²) in [4.78, 5) is 0. The maximum Gasteiger partial charge on any atom is 0.123 e. The summed E-state index contributed by atoms with van der Waals surface area (Å²) < 4.78 is 13.0. The van der Waals surface area contributed by atoms with Gasteiger partial charge in [0.1, 0.15) is 5.82 Å². The summed E-state index contributed by atoms with van der Waals surface area (Å²) >= 11 is 0. The van der Waals surface area contributed by atoms with Gasteiger partial charge in [-0.15, -0.1) is 0 Å². The molecule has 18 heavy (non-hydrogen) atoms. The van der Waals surface area contributed by atoms with Gasteiger partial charge in [-0.1, -0.05) is 48.9 Å². The van der Waals surface area contributed by atoms with E-state index in [1.807, 2.05) is 12.1 Å². The van der Waals surface area contributed by atoms with Gasteiger partial charge in [-0.3, -0.25) is 0 Å². The fraction of sp³-hybridized carbons (Fsp3) is 0.294. The zero-order chi connectivity index (χ0) is 12.6. The first-order valence-electron chi connectivity index (χ1n) is 6.63. The Hall–Kier alpha value is -1.63. The molecule has 0 saturated heterocycles. The van der Waals surface area contributed by atoms with E-state index >= 15 is 0 Å². The third-order valence-corrected chi connectivity index (χ3v) is 3.16. The minimum atomic E-state index is -0.128. The van der Waals surface area contributed by atoms with Gasteiger partial charge in [0.25, 0.3) is 0 Å². The molecule has 0 saturated carbocycles. The quantitative estimate of drug-likeness (QED) is 0.639. The van der Waals surface area contributed by atoms with E-state index in [1.165, 1.54) is 24.5 Å². The molecule has 0 aliphatic carbocycles. The molecule has 2 aromatic carbocycles. The highest BCUT2D eigenvalue weighted by Gasteiger charge is 1.96. The fourth-order valence-electron chi connectivity index (χ4n) is 2.17. The second-order valence-electron chi connectivity index (χ2n) is 4.68. The number of rotatable bonds is 6. The average Bonchev–Trinajstić information content (AvgIpc) is 2.40. The molecular formula is C17H19F. The Balaban J connectivity index is 1.65. The van der Waals surface area contributed by atoms with Gasteiger partial charge in [-0.2, -0.15) is 0 Å². The maximum absolute atomic E-state index is 13.0. The number of halogens is 1. The SMILES string of the molecule is Fc1cccc(CCCCCc2ccccc2)c1.